The molecule has 1 aromatic heterocycles. The minimum Gasteiger partial charge on any atom is -0.480 e. The van der Waals surface area contributed by atoms with Gasteiger partial charge in [-0.15, -0.1) is 0 Å². The molecule has 1 aromatic rings. The summed E-state index contributed by atoms with van der Waals surface area (Å²) in [6, 6.07) is -0.249. The van der Waals surface area contributed by atoms with Crippen LogP contribution in [0.2, 0.25) is 0 Å². The van der Waals surface area contributed by atoms with Crippen LogP contribution in [-0.2, 0) is 26.1 Å². The van der Waals surface area contributed by atoms with Crippen molar-refractivity contribution in [1.82, 2.24) is 14.1 Å². The number of aliphatic carboxylic acids is 1. The zero-order valence-corrected chi connectivity index (χ0v) is 11.2. The van der Waals surface area contributed by atoms with Gasteiger partial charge in [-0.1, -0.05) is 0 Å². The first-order valence-corrected chi connectivity index (χ1v) is 7.19. The summed E-state index contributed by atoms with van der Waals surface area (Å²) in [5.74, 6) is -1.08. The second-order valence-corrected chi connectivity index (χ2v) is 6.20. The van der Waals surface area contributed by atoms with Crippen LogP contribution in [-0.4, -0.2) is 59.4 Å². The van der Waals surface area contributed by atoms with E-state index in [9.17, 15) is 13.2 Å². The minimum absolute atomic E-state index is 0.00231. The normalized spacial score (nSPS) is 21.4. The van der Waals surface area contributed by atoms with E-state index in [1.165, 1.54) is 16.7 Å². The maximum Gasteiger partial charge on any atom is 0.325 e. The maximum absolute atomic E-state index is 12.4. The van der Waals surface area contributed by atoms with Crippen molar-refractivity contribution < 1.29 is 23.1 Å². The molecule has 9 heteroatoms. The molecule has 0 saturated carbocycles. The van der Waals surface area contributed by atoms with Crippen molar-refractivity contribution in [2.75, 3.05) is 19.8 Å². The Morgan fingerprint density at radius 2 is 2.37 bits per heavy atom. The summed E-state index contributed by atoms with van der Waals surface area (Å²) in [6.45, 7) is 2.38. The van der Waals surface area contributed by atoms with Crippen molar-refractivity contribution in [3.05, 3.63) is 12.4 Å². The lowest BCUT2D eigenvalue weighted by molar-refractivity contribution is -0.137. The number of hydrogen-bond donors (Lipinski definition) is 1. The van der Waals surface area contributed by atoms with Gasteiger partial charge < -0.3 is 9.84 Å². The first kappa shape index (κ1) is 14.0. The highest BCUT2D eigenvalue weighted by molar-refractivity contribution is 7.89. The van der Waals surface area contributed by atoms with E-state index >= 15 is 0 Å². The second-order valence-electron chi connectivity index (χ2n) is 4.31. The lowest BCUT2D eigenvalue weighted by Crippen LogP contribution is -2.46. The fourth-order valence-corrected chi connectivity index (χ4v) is 3.46. The molecule has 8 nitrogen and oxygen atoms in total. The van der Waals surface area contributed by atoms with Gasteiger partial charge in [0.05, 0.1) is 19.4 Å². The molecule has 0 aromatic carbocycles. The van der Waals surface area contributed by atoms with Crippen LogP contribution in [0.1, 0.15) is 6.92 Å². The molecule has 0 amide bonds. The van der Waals surface area contributed by atoms with Gasteiger partial charge in [0, 0.05) is 18.8 Å². The summed E-state index contributed by atoms with van der Waals surface area (Å²) < 4.78 is 32.4. The van der Waals surface area contributed by atoms with Gasteiger partial charge in [-0.3, -0.25) is 9.48 Å². The Morgan fingerprint density at radius 3 is 3.00 bits per heavy atom. The van der Waals surface area contributed by atoms with Crippen LogP contribution in [0.5, 0.6) is 0 Å². The van der Waals surface area contributed by atoms with E-state index in [0.717, 1.165) is 4.68 Å². The third kappa shape index (κ3) is 2.94. The van der Waals surface area contributed by atoms with Crippen LogP contribution in [0, 0.1) is 0 Å². The molecule has 0 aliphatic carbocycles. The molecule has 0 spiro atoms. The van der Waals surface area contributed by atoms with E-state index in [1.807, 2.05) is 0 Å². The van der Waals surface area contributed by atoms with Gasteiger partial charge in [-0.05, 0) is 6.92 Å². The van der Waals surface area contributed by atoms with E-state index in [2.05, 4.69) is 5.10 Å². The first-order chi connectivity index (χ1) is 8.91. The molecule has 2 rings (SSSR count). The van der Waals surface area contributed by atoms with Crippen LogP contribution < -0.4 is 0 Å². The van der Waals surface area contributed by atoms with Crippen LogP contribution in [0.15, 0.2) is 17.3 Å². The Labute approximate surface area is 110 Å². The van der Waals surface area contributed by atoms with Crippen molar-refractivity contribution in [3.8, 4) is 0 Å². The molecule has 106 valence electrons. The van der Waals surface area contributed by atoms with Crippen molar-refractivity contribution in [2.45, 2.75) is 24.4 Å². The molecule has 0 radical (unpaired) electrons. The molecule has 0 bridgehead atoms. The van der Waals surface area contributed by atoms with E-state index < -0.39 is 16.0 Å². The summed E-state index contributed by atoms with van der Waals surface area (Å²) in [5.41, 5.74) is 0. The second kappa shape index (κ2) is 5.27. The fourth-order valence-electron chi connectivity index (χ4n) is 1.91. The highest BCUT2D eigenvalue weighted by atomic mass is 32.2. The van der Waals surface area contributed by atoms with Crippen LogP contribution in [0.3, 0.4) is 0 Å². The van der Waals surface area contributed by atoms with Crippen molar-refractivity contribution >= 4 is 16.0 Å². The summed E-state index contributed by atoms with van der Waals surface area (Å²) in [5, 5.41) is 12.4. The van der Waals surface area contributed by atoms with E-state index in [-0.39, 0.29) is 24.0 Å². The zero-order valence-electron chi connectivity index (χ0n) is 10.4. The fraction of sp³-hybridized carbons (Fsp3) is 0.600. The molecule has 1 aliphatic heterocycles. The monoisotopic (exact) mass is 289 g/mol. The number of nitrogens with zero attached hydrogens (tertiary/aromatic N) is 3. The summed E-state index contributed by atoms with van der Waals surface area (Å²) in [7, 11) is -3.65. The highest BCUT2D eigenvalue weighted by Gasteiger charge is 2.32. The zero-order chi connectivity index (χ0) is 14.0. The molecule has 1 fully saturated rings. The van der Waals surface area contributed by atoms with E-state index in [1.54, 1.807) is 6.92 Å². The number of rotatable bonds is 4. The summed E-state index contributed by atoms with van der Waals surface area (Å²) in [6.07, 6.45) is 2.39. The van der Waals surface area contributed by atoms with Gasteiger partial charge in [-0.25, -0.2) is 8.42 Å². The van der Waals surface area contributed by atoms with Crippen molar-refractivity contribution in [2.24, 2.45) is 0 Å². The van der Waals surface area contributed by atoms with E-state index in [4.69, 9.17) is 9.84 Å². The first-order valence-electron chi connectivity index (χ1n) is 5.75. The van der Waals surface area contributed by atoms with Crippen LogP contribution in [0.4, 0.5) is 0 Å². The number of carboxylic acid groups (broad SMARTS) is 1. The summed E-state index contributed by atoms with van der Waals surface area (Å²) in [4.78, 5) is 10.5. The minimum atomic E-state index is -3.65. The topological polar surface area (TPSA) is 102 Å². The lowest BCUT2D eigenvalue weighted by Gasteiger charge is -2.31. The average Bonchev–Trinajstić information content (AvgIpc) is 2.77. The number of carboxylic acids is 1. The maximum atomic E-state index is 12.4. The third-order valence-electron chi connectivity index (χ3n) is 2.82. The molecule has 1 atom stereocenters. The summed E-state index contributed by atoms with van der Waals surface area (Å²) >= 11 is 0. The van der Waals surface area contributed by atoms with Crippen LogP contribution >= 0.6 is 0 Å². The number of morpholine rings is 1. The smallest absolute Gasteiger partial charge is 0.325 e. The number of carbonyl (C=O) groups is 1. The molecular formula is C10H15N3O5S. The molecular weight excluding hydrogens is 274 g/mol. The molecule has 2 heterocycles. The van der Waals surface area contributed by atoms with Gasteiger partial charge in [0.25, 0.3) is 0 Å². The van der Waals surface area contributed by atoms with Gasteiger partial charge in [0.15, 0.2) is 0 Å². The standard InChI is InChI=1S/C10H15N3O5S/c1-8-7-18-3-2-13(8)19(16,17)9-4-11-12(5-9)6-10(14)15/h4-5,8H,2-3,6-7H2,1H3,(H,14,15)/t8-/m1/s1. The van der Waals surface area contributed by atoms with E-state index in [0.29, 0.717) is 13.2 Å². The largest absolute Gasteiger partial charge is 0.480 e. The van der Waals surface area contributed by atoms with Crippen LogP contribution in [0.25, 0.3) is 0 Å². The average molecular weight is 289 g/mol. The van der Waals surface area contributed by atoms with Gasteiger partial charge >= 0.3 is 5.97 Å². The Hall–Kier alpha value is -1.45. The lowest BCUT2D eigenvalue weighted by atomic mass is 10.3. The predicted octanol–water partition coefficient (Wildman–Crippen LogP) is -0.623. The number of ether oxygens (including phenoxy) is 1. The SMILES string of the molecule is C[C@@H]1COCCN1S(=O)(=O)c1cnn(CC(=O)O)c1. The number of aromatic nitrogens is 2. The number of hydrogen-bond acceptors (Lipinski definition) is 5. The quantitative estimate of drug-likeness (QED) is 0.792. The highest BCUT2D eigenvalue weighted by Crippen LogP contribution is 2.19. The third-order valence-corrected chi connectivity index (χ3v) is 4.79. The predicted molar refractivity (Wildman–Crippen MR) is 64.0 cm³/mol. The molecule has 0 unspecified atom stereocenters. The van der Waals surface area contributed by atoms with Crippen molar-refractivity contribution in [3.63, 3.8) is 0 Å². The molecule has 1 N–H and O–H groups in total. The Kier molecular flexibility index (Phi) is 3.88. The Balaban J connectivity index is 2.23. The Bertz CT molecular complexity index is 567. The van der Waals surface area contributed by atoms with Gasteiger partial charge in [0.1, 0.15) is 11.4 Å². The molecule has 19 heavy (non-hydrogen) atoms. The Morgan fingerprint density at radius 1 is 1.63 bits per heavy atom. The molecule has 1 saturated heterocycles. The van der Waals surface area contributed by atoms with Gasteiger partial charge in [-0.2, -0.15) is 9.40 Å². The molecule has 1 aliphatic rings. The number of sulfonamides is 1. The van der Waals surface area contributed by atoms with Gasteiger partial charge in [0.2, 0.25) is 10.0 Å². The van der Waals surface area contributed by atoms with Crippen molar-refractivity contribution in [1.29, 1.82) is 0 Å².